The van der Waals surface area contributed by atoms with E-state index in [-0.39, 0.29) is 21.6 Å². The lowest BCUT2D eigenvalue weighted by atomic mass is 9.89. The summed E-state index contributed by atoms with van der Waals surface area (Å²) in [6, 6.07) is 17.2. The van der Waals surface area contributed by atoms with Gasteiger partial charge in [-0.15, -0.1) is 0 Å². The number of hydrogen-bond donors (Lipinski definition) is 5. The number of aliphatic hydroxyl groups is 2. The summed E-state index contributed by atoms with van der Waals surface area (Å²) in [5.41, 5.74) is 5.66. The van der Waals surface area contributed by atoms with Gasteiger partial charge in [-0.3, -0.25) is 0 Å². The first-order valence-corrected chi connectivity index (χ1v) is 18.5. The molecule has 2 unspecified atom stereocenters. The van der Waals surface area contributed by atoms with E-state index in [0.717, 1.165) is 22.3 Å². The Morgan fingerprint density at radius 3 is 1.67 bits per heavy atom. The predicted octanol–water partition coefficient (Wildman–Crippen LogP) is 6.61. The third kappa shape index (κ3) is 9.71. The lowest BCUT2D eigenvalue weighted by Gasteiger charge is -2.22. The number of carbonyl (C=O) groups excluding carboxylic acids is 1. The molecule has 4 aromatic rings. The fraction of sp³-hybridized carbons (Fsp3) is 0.303. The molecule has 2 amide bonds. The van der Waals surface area contributed by atoms with Crippen molar-refractivity contribution in [3.8, 4) is 11.1 Å². The number of benzene rings is 3. The van der Waals surface area contributed by atoms with Crippen LogP contribution in [0.25, 0.3) is 11.1 Å². The van der Waals surface area contributed by atoms with Crippen molar-refractivity contribution in [1.29, 1.82) is 0 Å². The molecular formula is C33H41N3O7S3. The first kappa shape index (κ1) is 36.9. The zero-order valence-corrected chi connectivity index (χ0v) is 29.0. The Kier molecular flexibility index (Phi) is 12.3. The minimum atomic E-state index is -4.12. The van der Waals surface area contributed by atoms with E-state index < -0.39 is 38.3 Å². The number of nitrogens with two attached hydrogens (primary N) is 1. The molecule has 2 atom stereocenters. The van der Waals surface area contributed by atoms with Crippen LogP contribution in [0, 0.1) is 0 Å². The van der Waals surface area contributed by atoms with Gasteiger partial charge in [0.2, 0.25) is 10.0 Å². The normalized spacial score (nSPS) is 13.1. The number of nitrogens with one attached hydrogen (secondary N) is 2. The molecule has 13 heteroatoms. The van der Waals surface area contributed by atoms with Crippen LogP contribution in [0.5, 0.6) is 0 Å². The Labute approximate surface area is 275 Å². The molecule has 6 N–H and O–H groups in total. The third-order valence-electron chi connectivity index (χ3n) is 7.08. The van der Waals surface area contributed by atoms with Crippen LogP contribution in [0.3, 0.4) is 0 Å². The molecule has 0 bridgehead atoms. The molecule has 0 radical (unpaired) electrons. The van der Waals surface area contributed by atoms with Crippen LogP contribution in [0.4, 0.5) is 10.5 Å². The molecule has 4 rings (SSSR count). The topological polar surface area (TPSA) is 176 Å². The Morgan fingerprint density at radius 1 is 0.739 bits per heavy atom. The van der Waals surface area contributed by atoms with Crippen molar-refractivity contribution < 1.29 is 31.8 Å². The third-order valence-corrected chi connectivity index (χ3v) is 10.0. The van der Waals surface area contributed by atoms with Crippen molar-refractivity contribution in [3.05, 3.63) is 99.7 Å². The molecule has 0 aliphatic carbocycles. The van der Waals surface area contributed by atoms with Gasteiger partial charge in [0.25, 0.3) is 10.0 Å². The van der Waals surface area contributed by atoms with Gasteiger partial charge in [0.15, 0.2) is 0 Å². The van der Waals surface area contributed by atoms with E-state index in [9.17, 15) is 31.8 Å². The standard InChI is InChI=1S/C25H30N2O4S2.C8H11NO3S/c1-15(2)22-12-20(19-9-10-32-14-19)13-23(16(3)4)24(22)26-25(29)27-33(30,31)21-8-6-7-18(11-21)17(5)28;1-6(10)7-3-2-4-8(5-7)13(9,11)12/h6-17,28H,1-5H3,(H2,26,27,29);2-6,10H,1H3,(H2,9,11,12). The lowest BCUT2D eigenvalue weighted by Crippen LogP contribution is -2.35. The first-order valence-electron chi connectivity index (χ1n) is 14.5. The maximum Gasteiger partial charge on any atom is 0.333 e. The summed E-state index contributed by atoms with van der Waals surface area (Å²) >= 11 is 1.62. The molecule has 248 valence electrons. The van der Waals surface area contributed by atoms with Gasteiger partial charge in [-0.25, -0.2) is 31.5 Å². The van der Waals surface area contributed by atoms with E-state index in [4.69, 9.17) is 5.14 Å². The van der Waals surface area contributed by atoms with Gasteiger partial charge >= 0.3 is 6.03 Å². The number of primary sulfonamides is 1. The zero-order chi connectivity index (χ0) is 34.4. The lowest BCUT2D eigenvalue weighted by molar-refractivity contribution is 0.198. The van der Waals surface area contributed by atoms with Crippen LogP contribution < -0.4 is 15.2 Å². The van der Waals surface area contributed by atoms with Gasteiger partial charge in [-0.1, -0.05) is 52.0 Å². The maximum absolute atomic E-state index is 12.8. The quantitative estimate of drug-likeness (QED) is 0.131. The number of amides is 2. The number of sulfonamides is 2. The van der Waals surface area contributed by atoms with Gasteiger partial charge < -0.3 is 15.5 Å². The van der Waals surface area contributed by atoms with Crippen LogP contribution in [-0.4, -0.2) is 33.1 Å². The van der Waals surface area contributed by atoms with E-state index in [0.29, 0.717) is 16.8 Å². The van der Waals surface area contributed by atoms with Crippen LogP contribution in [0.15, 0.2) is 87.3 Å². The van der Waals surface area contributed by atoms with Gasteiger partial charge in [0.05, 0.1) is 22.0 Å². The number of urea groups is 1. The molecule has 3 aromatic carbocycles. The second-order valence-corrected chi connectivity index (χ2v) is 15.5. The maximum atomic E-state index is 12.8. The monoisotopic (exact) mass is 687 g/mol. The van der Waals surface area contributed by atoms with Crippen LogP contribution in [-0.2, 0) is 20.0 Å². The highest BCUT2D eigenvalue weighted by molar-refractivity contribution is 7.90. The minimum absolute atomic E-state index is 0.0194. The average molecular weight is 688 g/mol. The molecule has 0 fully saturated rings. The highest BCUT2D eigenvalue weighted by Gasteiger charge is 2.23. The average Bonchev–Trinajstić information content (AvgIpc) is 3.52. The molecule has 10 nitrogen and oxygen atoms in total. The molecule has 0 spiro atoms. The molecule has 0 saturated heterocycles. The second-order valence-electron chi connectivity index (χ2n) is 11.5. The first-order chi connectivity index (χ1) is 21.4. The Hall–Kier alpha value is -3.59. The highest BCUT2D eigenvalue weighted by atomic mass is 32.2. The van der Waals surface area contributed by atoms with Gasteiger partial charge in [0, 0.05) is 5.69 Å². The summed E-state index contributed by atoms with van der Waals surface area (Å²) in [6.45, 7) is 11.3. The molecular weight excluding hydrogens is 647 g/mol. The van der Waals surface area contributed by atoms with E-state index in [2.05, 4.69) is 33.6 Å². The number of anilines is 1. The van der Waals surface area contributed by atoms with Gasteiger partial charge in [0.1, 0.15) is 0 Å². The minimum Gasteiger partial charge on any atom is -0.389 e. The summed E-state index contributed by atoms with van der Waals surface area (Å²) in [4.78, 5) is 12.8. The van der Waals surface area contributed by atoms with Crippen LogP contribution >= 0.6 is 11.3 Å². The Balaban J connectivity index is 0.000000370. The van der Waals surface area contributed by atoms with Gasteiger partial charge in [-0.05, 0) is 112 Å². The second kappa shape index (κ2) is 15.3. The van der Waals surface area contributed by atoms with Crippen molar-refractivity contribution in [3.63, 3.8) is 0 Å². The largest absolute Gasteiger partial charge is 0.389 e. The molecule has 1 heterocycles. The Bertz CT molecular complexity index is 1840. The van der Waals surface area contributed by atoms with Gasteiger partial charge in [-0.2, -0.15) is 11.3 Å². The number of aliphatic hydroxyl groups excluding tert-OH is 2. The highest BCUT2D eigenvalue weighted by Crippen LogP contribution is 2.37. The van der Waals surface area contributed by atoms with Crippen molar-refractivity contribution >= 4 is 43.1 Å². The van der Waals surface area contributed by atoms with E-state index in [1.165, 1.54) is 30.3 Å². The van der Waals surface area contributed by atoms with E-state index in [1.54, 1.807) is 43.4 Å². The smallest absolute Gasteiger partial charge is 0.333 e. The fourth-order valence-electron chi connectivity index (χ4n) is 4.55. The fourth-order valence-corrected chi connectivity index (χ4v) is 6.75. The number of rotatable bonds is 9. The van der Waals surface area contributed by atoms with E-state index in [1.807, 2.05) is 33.1 Å². The SMILES string of the molecule is CC(C)c1cc(-c2ccsc2)cc(C(C)C)c1NC(=O)NS(=O)(=O)c1cccc(C(C)O)c1.CC(O)c1cccc(S(N)(=O)=O)c1. The van der Waals surface area contributed by atoms with Crippen molar-refractivity contribution in [1.82, 2.24) is 4.72 Å². The van der Waals surface area contributed by atoms with Crippen molar-refractivity contribution in [2.45, 2.75) is 75.4 Å². The summed E-state index contributed by atoms with van der Waals surface area (Å²) in [5, 5.41) is 30.8. The van der Waals surface area contributed by atoms with Crippen LogP contribution in [0.2, 0.25) is 0 Å². The number of hydrogen-bond acceptors (Lipinski definition) is 8. The molecule has 1 aromatic heterocycles. The number of thiophene rings is 1. The predicted molar refractivity (Wildman–Crippen MR) is 183 cm³/mol. The van der Waals surface area contributed by atoms with Crippen molar-refractivity contribution in [2.75, 3.05) is 5.32 Å². The molecule has 0 saturated carbocycles. The van der Waals surface area contributed by atoms with E-state index >= 15 is 0 Å². The zero-order valence-electron chi connectivity index (χ0n) is 26.6. The van der Waals surface area contributed by atoms with Crippen LogP contribution in [0.1, 0.15) is 87.8 Å². The molecule has 0 aliphatic heterocycles. The number of carbonyl (C=O) groups is 1. The summed E-state index contributed by atoms with van der Waals surface area (Å²) in [6.07, 6.45) is -1.51. The molecule has 0 aliphatic rings. The van der Waals surface area contributed by atoms with Crippen molar-refractivity contribution in [2.24, 2.45) is 5.14 Å². The summed E-state index contributed by atoms with van der Waals surface area (Å²) in [5.74, 6) is 0.214. The Morgan fingerprint density at radius 2 is 1.24 bits per heavy atom. The summed E-state index contributed by atoms with van der Waals surface area (Å²) in [7, 11) is -7.79. The molecule has 46 heavy (non-hydrogen) atoms. The summed E-state index contributed by atoms with van der Waals surface area (Å²) < 4.78 is 49.5.